The number of rotatable bonds is 4. The smallest absolute Gasteiger partial charge is 0.126 e. The van der Waals surface area contributed by atoms with Crippen LogP contribution in [0.5, 0.6) is 5.75 Å². The summed E-state index contributed by atoms with van der Waals surface area (Å²) in [5, 5.41) is 3.51. The monoisotopic (exact) mass is 285 g/mol. The highest BCUT2D eigenvalue weighted by molar-refractivity contribution is 5.75. The van der Waals surface area contributed by atoms with Gasteiger partial charge in [-0.15, -0.1) is 0 Å². The molecular formula is C18H20FNO. The van der Waals surface area contributed by atoms with Crippen molar-refractivity contribution in [1.82, 2.24) is 5.32 Å². The second-order valence-corrected chi connectivity index (χ2v) is 5.37. The van der Waals surface area contributed by atoms with Crippen LogP contribution >= 0.6 is 0 Å². The molecule has 1 unspecified atom stereocenters. The fourth-order valence-electron chi connectivity index (χ4n) is 3.26. The van der Waals surface area contributed by atoms with Gasteiger partial charge in [0.25, 0.3) is 0 Å². The van der Waals surface area contributed by atoms with Gasteiger partial charge in [0.05, 0.1) is 7.11 Å². The molecule has 0 saturated heterocycles. The molecule has 0 bridgehead atoms. The Bertz CT molecular complexity index is 654. The van der Waals surface area contributed by atoms with Crippen LogP contribution in [0, 0.1) is 5.82 Å². The Kier molecular flexibility index (Phi) is 3.93. The van der Waals surface area contributed by atoms with Crippen LogP contribution in [-0.4, -0.2) is 13.7 Å². The molecule has 1 N–H and O–H groups in total. The first-order valence-electron chi connectivity index (χ1n) is 7.43. The van der Waals surface area contributed by atoms with Crippen LogP contribution < -0.4 is 10.1 Å². The van der Waals surface area contributed by atoms with Gasteiger partial charge in [0.2, 0.25) is 0 Å². The van der Waals surface area contributed by atoms with Crippen molar-refractivity contribution in [3.63, 3.8) is 0 Å². The molecule has 3 heteroatoms. The van der Waals surface area contributed by atoms with E-state index in [0.717, 1.165) is 36.3 Å². The van der Waals surface area contributed by atoms with Crippen LogP contribution in [0.15, 0.2) is 36.4 Å². The molecule has 0 aliphatic heterocycles. The molecule has 1 aliphatic carbocycles. The fourth-order valence-corrected chi connectivity index (χ4v) is 3.26. The van der Waals surface area contributed by atoms with Crippen LogP contribution in [-0.2, 0) is 6.42 Å². The first-order chi connectivity index (χ1) is 10.2. The van der Waals surface area contributed by atoms with Gasteiger partial charge < -0.3 is 10.1 Å². The molecule has 2 aromatic carbocycles. The van der Waals surface area contributed by atoms with Crippen molar-refractivity contribution >= 4 is 0 Å². The summed E-state index contributed by atoms with van der Waals surface area (Å²) in [5.41, 5.74) is 4.57. The molecule has 1 atom stereocenters. The fraction of sp³-hybridized carbons (Fsp3) is 0.333. The molecule has 0 amide bonds. The molecule has 0 fully saturated rings. The van der Waals surface area contributed by atoms with Crippen molar-refractivity contribution in [3.05, 3.63) is 53.3 Å². The van der Waals surface area contributed by atoms with Crippen LogP contribution in [0.3, 0.4) is 0 Å². The first kappa shape index (κ1) is 14.1. The van der Waals surface area contributed by atoms with Crippen molar-refractivity contribution in [2.75, 3.05) is 13.7 Å². The minimum atomic E-state index is -0.232. The van der Waals surface area contributed by atoms with E-state index in [1.807, 2.05) is 6.07 Å². The molecule has 0 saturated carbocycles. The van der Waals surface area contributed by atoms with Gasteiger partial charge in [-0.2, -0.15) is 0 Å². The highest BCUT2D eigenvalue weighted by atomic mass is 19.1. The van der Waals surface area contributed by atoms with Gasteiger partial charge in [0.15, 0.2) is 0 Å². The average molecular weight is 285 g/mol. The molecule has 21 heavy (non-hydrogen) atoms. The molecule has 2 nitrogen and oxygen atoms in total. The third-order valence-electron chi connectivity index (χ3n) is 4.17. The van der Waals surface area contributed by atoms with E-state index in [-0.39, 0.29) is 5.82 Å². The van der Waals surface area contributed by atoms with Gasteiger partial charge in [-0.25, -0.2) is 4.39 Å². The average Bonchev–Trinajstić information content (AvgIpc) is 2.91. The number of benzene rings is 2. The number of fused-ring (bicyclic) bond motifs is 1. The number of hydrogen-bond donors (Lipinski definition) is 1. The molecule has 1 aliphatic rings. The SMILES string of the molecule is CCNC1CCc2c(-c3cc(F)ccc3OC)cccc21. The summed E-state index contributed by atoms with van der Waals surface area (Å²) < 4.78 is 19.1. The Morgan fingerprint density at radius 1 is 1.24 bits per heavy atom. The number of ether oxygens (including phenoxy) is 1. The summed E-state index contributed by atoms with van der Waals surface area (Å²) in [6.07, 6.45) is 2.11. The van der Waals surface area contributed by atoms with E-state index in [1.54, 1.807) is 19.2 Å². The standard InChI is InChI=1S/C18H20FNO/c1-3-20-17-9-8-14-13(5-4-6-15(14)17)16-11-12(19)7-10-18(16)21-2/h4-7,10-11,17,20H,3,8-9H2,1-2H3. The Hall–Kier alpha value is -1.87. The highest BCUT2D eigenvalue weighted by Gasteiger charge is 2.25. The number of methoxy groups -OCH3 is 1. The quantitative estimate of drug-likeness (QED) is 0.913. The Balaban J connectivity index is 2.11. The van der Waals surface area contributed by atoms with E-state index in [0.29, 0.717) is 6.04 Å². The lowest BCUT2D eigenvalue weighted by Crippen LogP contribution is -2.18. The van der Waals surface area contributed by atoms with Gasteiger partial charge in [-0.05, 0) is 54.3 Å². The number of halogens is 1. The predicted molar refractivity (Wildman–Crippen MR) is 83.1 cm³/mol. The minimum Gasteiger partial charge on any atom is -0.496 e. The minimum absolute atomic E-state index is 0.232. The van der Waals surface area contributed by atoms with Gasteiger partial charge in [-0.1, -0.05) is 25.1 Å². The molecule has 0 radical (unpaired) electrons. The number of hydrogen-bond acceptors (Lipinski definition) is 2. The summed E-state index contributed by atoms with van der Waals surface area (Å²) in [6.45, 7) is 3.08. The van der Waals surface area contributed by atoms with Crippen molar-refractivity contribution < 1.29 is 9.13 Å². The van der Waals surface area contributed by atoms with E-state index in [9.17, 15) is 4.39 Å². The van der Waals surface area contributed by atoms with Crippen LogP contribution in [0.1, 0.15) is 30.5 Å². The third-order valence-corrected chi connectivity index (χ3v) is 4.17. The predicted octanol–water partition coefficient (Wildman–Crippen LogP) is 4.10. The van der Waals surface area contributed by atoms with Crippen LogP contribution in [0.4, 0.5) is 4.39 Å². The molecule has 110 valence electrons. The normalized spacial score (nSPS) is 16.8. The summed E-state index contributed by atoms with van der Waals surface area (Å²) in [4.78, 5) is 0. The van der Waals surface area contributed by atoms with Gasteiger partial charge >= 0.3 is 0 Å². The maximum Gasteiger partial charge on any atom is 0.126 e. The lowest BCUT2D eigenvalue weighted by molar-refractivity contribution is 0.415. The largest absolute Gasteiger partial charge is 0.496 e. The van der Waals surface area contributed by atoms with Gasteiger partial charge in [0, 0.05) is 11.6 Å². The van der Waals surface area contributed by atoms with Crippen LogP contribution in [0.25, 0.3) is 11.1 Å². The Morgan fingerprint density at radius 2 is 2.10 bits per heavy atom. The maximum atomic E-state index is 13.7. The van der Waals surface area contributed by atoms with E-state index in [4.69, 9.17) is 4.74 Å². The van der Waals surface area contributed by atoms with E-state index >= 15 is 0 Å². The molecule has 2 aromatic rings. The van der Waals surface area contributed by atoms with Gasteiger partial charge in [0.1, 0.15) is 11.6 Å². The highest BCUT2D eigenvalue weighted by Crippen LogP contribution is 2.40. The van der Waals surface area contributed by atoms with E-state index in [1.165, 1.54) is 17.2 Å². The maximum absolute atomic E-state index is 13.7. The second kappa shape index (κ2) is 5.86. The Labute approximate surface area is 125 Å². The summed E-state index contributed by atoms with van der Waals surface area (Å²) >= 11 is 0. The molecule has 0 heterocycles. The lowest BCUT2D eigenvalue weighted by Gasteiger charge is -2.15. The molecule has 0 aromatic heterocycles. The zero-order valence-corrected chi connectivity index (χ0v) is 12.4. The zero-order chi connectivity index (χ0) is 14.8. The van der Waals surface area contributed by atoms with Crippen LogP contribution in [0.2, 0.25) is 0 Å². The third kappa shape index (κ3) is 2.54. The zero-order valence-electron chi connectivity index (χ0n) is 12.4. The molecule has 0 spiro atoms. The second-order valence-electron chi connectivity index (χ2n) is 5.37. The van der Waals surface area contributed by atoms with E-state index in [2.05, 4.69) is 24.4 Å². The van der Waals surface area contributed by atoms with E-state index < -0.39 is 0 Å². The van der Waals surface area contributed by atoms with Gasteiger partial charge in [-0.3, -0.25) is 0 Å². The van der Waals surface area contributed by atoms with Crippen molar-refractivity contribution in [3.8, 4) is 16.9 Å². The summed E-state index contributed by atoms with van der Waals surface area (Å²) in [7, 11) is 1.63. The first-order valence-corrected chi connectivity index (χ1v) is 7.43. The van der Waals surface area contributed by atoms with Crippen molar-refractivity contribution in [1.29, 1.82) is 0 Å². The summed E-state index contributed by atoms with van der Waals surface area (Å²) in [6, 6.07) is 11.4. The molecular weight excluding hydrogens is 265 g/mol. The molecule has 3 rings (SSSR count). The van der Waals surface area contributed by atoms with Crippen molar-refractivity contribution in [2.45, 2.75) is 25.8 Å². The lowest BCUT2D eigenvalue weighted by atomic mass is 9.95. The Morgan fingerprint density at radius 3 is 2.86 bits per heavy atom. The summed E-state index contributed by atoms with van der Waals surface area (Å²) in [5.74, 6) is 0.487. The topological polar surface area (TPSA) is 21.3 Å². The van der Waals surface area contributed by atoms with Crippen molar-refractivity contribution in [2.24, 2.45) is 0 Å². The number of nitrogens with one attached hydrogen (secondary N) is 1.